The van der Waals surface area contributed by atoms with E-state index in [9.17, 15) is 4.79 Å². The van der Waals surface area contributed by atoms with E-state index in [-0.39, 0.29) is 18.3 Å². The van der Waals surface area contributed by atoms with Gasteiger partial charge in [-0.1, -0.05) is 41.9 Å². The molecule has 2 aromatic rings. The summed E-state index contributed by atoms with van der Waals surface area (Å²) >= 11 is 5.96. The van der Waals surface area contributed by atoms with Crippen molar-refractivity contribution in [1.82, 2.24) is 4.90 Å². The quantitative estimate of drug-likeness (QED) is 0.273. The Bertz CT molecular complexity index is 759. The molecule has 1 unspecified atom stereocenters. The third-order valence-electron chi connectivity index (χ3n) is 4.42. The van der Waals surface area contributed by atoms with Crippen LogP contribution in [0.5, 0.6) is 0 Å². The van der Waals surface area contributed by atoms with Crippen LogP contribution in [0, 0.1) is 0 Å². The number of likely N-dealkylation sites (N-methyl/N-ethyl adjacent to an activating group) is 1. The molecule has 0 bridgehead atoms. The highest BCUT2D eigenvalue weighted by Gasteiger charge is 2.26. The minimum Gasteiger partial charge on any atom is -0.466 e. The summed E-state index contributed by atoms with van der Waals surface area (Å²) in [6.07, 6.45) is 0.232. The second-order valence-corrected chi connectivity index (χ2v) is 6.67. The SMILES string of the molecule is CCOC(=O)CC(/C(=N/Nc1ccc(Cl)cc1)N(CC)CC)c1ccccc1. The molecule has 0 saturated heterocycles. The van der Waals surface area contributed by atoms with Gasteiger partial charge in [-0.2, -0.15) is 5.10 Å². The Hall–Kier alpha value is -2.53. The molecule has 1 atom stereocenters. The van der Waals surface area contributed by atoms with Crippen molar-refractivity contribution in [3.63, 3.8) is 0 Å². The molecule has 2 aromatic carbocycles. The van der Waals surface area contributed by atoms with Gasteiger partial charge in [-0.3, -0.25) is 10.2 Å². The van der Waals surface area contributed by atoms with Gasteiger partial charge in [-0.25, -0.2) is 0 Å². The van der Waals surface area contributed by atoms with Crippen LogP contribution in [0.2, 0.25) is 5.02 Å². The highest BCUT2D eigenvalue weighted by atomic mass is 35.5. The van der Waals surface area contributed by atoms with Crippen molar-refractivity contribution in [2.75, 3.05) is 25.1 Å². The first-order valence-corrected chi connectivity index (χ1v) is 10.0. The molecule has 1 N–H and O–H groups in total. The first kappa shape index (κ1) is 21.8. The van der Waals surface area contributed by atoms with Crippen LogP contribution < -0.4 is 5.43 Å². The van der Waals surface area contributed by atoms with Gasteiger partial charge >= 0.3 is 5.97 Å². The molecular weight excluding hydrogens is 374 g/mol. The molecular formula is C22H28ClN3O2. The van der Waals surface area contributed by atoms with E-state index < -0.39 is 0 Å². The summed E-state index contributed by atoms with van der Waals surface area (Å²) in [5.74, 6) is 0.363. The molecule has 150 valence electrons. The Morgan fingerprint density at radius 2 is 1.71 bits per heavy atom. The number of amidine groups is 1. The van der Waals surface area contributed by atoms with E-state index in [1.807, 2.05) is 61.5 Å². The molecule has 0 aromatic heterocycles. The molecule has 5 nitrogen and oxygen atoms in total. The highest BCUT2D eigenvalue weighted by molar-refractivity contribution is 6.30. The molecule has 0 aliphatic carbocycles. The average Bonchev–Trinajstić information content (AvgIpc) is 2.72. The molecule has 2 rings (SSSR count). The monoisotopic (exact) mass is 401 g/mol. The minimum absolute atomic E-state index is 0.208. The molecule has 0 heterocycles. The number of carbonyl (C=O) groups is 1. The van der Waals surface area contributed by atoms with Crippen LogP contribution in [0.4, 0.5) is 5.69 Å². The molecule has 28 heavy (non-hydrogen) atoms. The van der Waals surface area contributed by atoms with Gasteiger partial charge in [0.25, 0.3) is 0 Å². The summed E-state index contributed by atoms with van der Waals surface area (Å²) < 4.78 is 5.22. The highest BCUT2D eigenvalue weighted by Crippen LogP contribution is 2.25. The molecule has 0 aliphatic heterocycles. The first-order chi connectivity index (χ1) is 13.6. The molecule has 0 radical (unpaired) electrons. The fourth-order valence-corrected chi connectivity index (χ4v) is 3.12. The van der Waals surface area contributed by atoms with Gasteiger partial charge in [0.05, 0.1) is 24.6 Å². The van der Waals surface area contributed by atoms with E-state index in [2.05, 4.69) is 24.2 Å². The standard InChI is InChI=1S/C22H28ClN3O2/c1-4-26(5-2)22(25-24-19-14-12-18(23)13-15-19)20(16-21(27)28-6-3)17-10-8-7-9-11-17/h7-15,20,24H,4-6,16H2,1-3H3/b25-22-. The zero-order valence-corrected chi connectivity index (χ0v) is 17.4. The Balaban J connectivity index is 2.40. The lowest BCUT2D eigenvalue weighted by Gasteiger charge is -2.29. The van der Waals surface area contributed by atoms with E-state index in [1.54, 1.807) is 0 Å². The van der Waals surface area contributed by atoms with Gasteiger partial charge in [0.2, 0.25) is 0 Å². The number of nitrogens with zero attached hydrogens (tertiary/aromatic N) is 2. The summed E-state index contributed by atoms with van der Waals surface area (Å²) in [6.45, 7) is 7.90. The van der Waals surface area contributed by atoms with Gasteiger partial charge in [0.15, 0.2) is 0 Å². The smallest absolute Gasteiger partial charge is 0.306 e. The Labute approximate surface area is 172 Å². The first-order valence-electron chi connectivity index (χ1n) is 9.63. The largest absolute Gasteiger partial charge is 0.466 e. The molecule has 6 heteroatoms. The van der Waals surface area contributed by atoms with Crippen molar-refractivity contribution in [3.8, 4) is 0 Å². The predicted octanol–water partition coefficient (Wildman–Crippen LogP) is 5.14. The van der Waals surface area contributed by atoms with Crippen molar-refractivity contribution in [3.05, 3.63) is 65.2 Å². The van der Waals surface area contributed by atoms with Crippen molar-refractivity contribution >= 4 is 29.1 Å². The Kier molecular flexibility index (Phi) is 8.82. The fraction of sp³-hybridized carbons (Fsp3) is 0.364. The lowest BCUT2D eigenvalue weighted by Crippen LogP contribution is -2.37. The number of hydrogen-bond acceptors (Lipinski definition) is 4. The van der Waals surface area contributed by atoms with Gasteiger partial charge in [-0.15, -0.1) is 0 Å². The van der Waals surface area contributed by atoms with Crippen LogP contribution in [-0.4, -0.2) is 36.4 Å². The van der Waals surface area contributed by atoms with Crippen LogP contribution >= 0.6 is 11.6 Å². The zero-order chi connectivity index (χ0) is 20.4. The Morgan fingerprint density at radius 3 is 2.29 bits per heavy atom. The van der Waals surface area contributed by atoms with Crippen LogP contribution in [0.1, 0.15) is 38.7 Å². The van der Waals surface area contributed by atoms with Crippen molar-refractivity contribution in [2.24, 2.45) is 5.10 Å². The maximum absolute atomic E-state index is 12.3. The lowest BCUT2D eigenvalue weighted by molar-refractivity contribution is -0.143. The number of esters is 1. The van der Waals surface area contributed by atoms with Crippen LogP contribution in [0.25, 0.3) is 0 Å². The number of carbonyl (C=O) groups excluding carboxylic acids is 1. The van der Waals surface area contributed by atoms with E-state index in [4.69, 9.17) is 21.4 Å². The van der Waals surface area contributed by atoms with E-state index >= 15 is 0 Å². The van der Waals surface area contributed by atoms with Crippen molar-refractivity contribution in [1.29, 1.82) is 0 Å². The van der Waals surface area contributed by atoms with E-state index in [0.29, 0.717) is 11.6 Å². The number of ether oxygens (including phenoxy) is 1. The maximum atomic E-state index is 12.3. The molecule has 0 saturated carbocycles. The topological polar surface area (TPSA) is 53.9 Å². The number of rotatable bonds is 9. The minimum atomic E-state index is -0.234. The van der Waals surface area contributed by atoms with E-state index in [1.165, 1.54) is 0 Å². The van der Waals surface area contributed by atoms with Crippen LogP contribution in [-0.2, 0) is 9.53 Å². The fourth-order valence-electron chi connectivity index (χ4n) is 2.99. The van der Waals surface area contributed by atoms with Gasteiger partial charge in [0.1, 0.15) is 5.84 Å². The second kappa shape index (κ2) is 11.3. The summed E-state index contributed by atoms with van der Waals surface area (Å²) in [4.78, 5) is 14.5. The number of hydrogen-bond donors (Lipinski definition) is 1. The number of anilines is 1. The molecule has 0 aliphatic rings. The van der Waals surface area contributed by atoms with Gasteiger partial charge < -0.3 is 9.64 Å². The third kappa shape index (κ3) is 6.27. The van der Waals surface area contributed by atoms with Crippen molar-refractivity contribution < 1.29 is 9.53 Å². The summed E-state index contributed by atoms with van der Waals surface area (Å²) in [6, 6.07) is 17.3. The average molecular weight is 402 g/mol. The van der Waals surface area contributed by atoms with Crippen LogP contribution in [0.3, 0.4) is 0 Å². The molecule has 0 spiro atoms. The third-order valence-corrected chi connectivity index (χ3v) is 4.67. The number of hydrazone groups is 1. The summed E-state index contributed by atoms with van der Waals surface area (Å²) in [5.41, 5.74) is 4.97. The van der Waals surface area contributed by atoms with Gasteiger partial charge in [0, 0.05) is 18.1 Å². The second-order valence-electron chi connectivity index (χ2n) is 6.23. The molecule has 0 fully saturated rings. The van der Waals surface area contributed by atoms with Crippen molar-refractivity contribution in [2.45, 2.75) is 33.1 Å². The number of benzene rings is 2. The predicted molar refractivity (Wildman–Crippen MR) is 116 cm³/mol. The lowest BCUT2D eigenvalue weighted by atomic mass is 9.93. The molecule has 0 amide bonds. The summed E-state index contributed by atoms with van der Waals surface area (Å²) in [5, 5.41) is 5.37. The van der Waals surface area contributed by atoms with Gasteiger partial charge in [-0.05, 0) is 50.6 Å². The van der Waals surface area contributed by atoms with Crippen LogP contribution in [0.15, 0.2) is 59.7 Å². The number of halogens is 1. The Morgan fingerprint density at radius 1 is 1.07 bits per heavy atom. The summed E-state index contributed by atoms with van der Waals surface area (Å²) in [7, 11) is 0. The normalized spacial score (nSPS) is 12.4. The van der Waals surface area contributed by atoms with E-state index in [0.717, 1.165) is 30.2 Å². The number of nitrogens with one attached hydrogen (secondary N) is 1. The maximum Gasteiger partial charge on any atom is 0.306 e. The zero-order valence-electron chi connectivity index (χ0n) is 16.7.